The molecule has 1 aromatic carbocycles. The molecule has 0 radical (unpaired) electrons. The Balaban J connectivity index is 1.94. The van der Waals surface area contributed by atoms with Crippen LogP contribution in [-0.4, -0.2) is 57.7 Å². The molecule has 0 saturated heterocycles. The van der Waals surface area contributed by atoms with Gasteiger partial charge in [0.2, 0.25) is 11.8 Å². The van der Waals surface area contributed by atoms with Crippen LogP contribution in [0.4, 0.5) is 0 Å². The molecule has 3 rings (SSSR count). The monoisotopic (exact) mass is 458 g/mol. The van der Waals surface area contributed by atoms with Crippen LogP contribution >= 0.6 is 11.8 Å². The zero-order valence-electron chi connectivity index (χ0n) is 19.1. The highest BCUT2D eigenvalue weighted by Crippen LogP contribution is 2.24. The predicted molar refractivity (Wildman–Crippen MR) is 128 cm³/mol. The smallest absolute Gasteiger partial charge is 0.243 e. The van der Waals surface area contributed by atoms with Crippen LogP contribution in [0.1, 0.15) is 45.0 Å². The lowest BCUT2D eigenvalue weighted by atomic mass is 10.0. The van der Waals surface area contributed by atoms with Gasteiger partial charge in [0, 0.05) is 18.5 Å². The first-order valence-corrected chi connectivity index (χ1v) is 12.7. The third-order valence-electron chi connectivity index (χ3n) is 5.50. The Kier molecular flexibility index (Phi) is 9.11. The quantitative estimate of drug-likeness (QED) is 0.636. The maximum absolute atomic E-state index is 13.2. The molecular weight excluding hydrogens is 424 g/mol. The second-order valence-electron chi connectivity index (χ2n) is 8.37. The van der Waals surface area contributed by atoms with E-state index in [1.807, 2.05) is 41.3 Å². The van der Waals surface area contributed by atoms with Crippen molar-refractivity contribution < 1.29 is 9.59 Å². The molecule has 2 amide bonds. The Hall–Kier alpha value is -2.39. The molecule has 0 saturated carbocycles. The van der Waals surface area contributed by atoms with Crippen LogP contribution in [0, 0.1) is 5.92 Å². The third-order valence-corrected chi connectivity index (χ3v) is 6.14. The van der Waals surface area contributed by atoms with Crippen molar-refractivity contribution >= 4 is 23.6 Å². The first-order chi connectivity index (χ1) is 15.5. The highest BCUT2D eigenvalue weighted by molar-refractivity contribution is 7.98. The number of nitrogens with zero attached hydrogens (tertiary/aromatic N) is 3. The van der Waals surface area contributed by atoms with Crippen LogP contribution in [0.5, 0.6) is 0 Å². The third kappa shape index (κ3) is 6.56. The Morgan fingerprint density at radius 2 is 1.94 bits per heavy atom. The summed E-state index contributed by atoms with van der Waals surface area (Å²) in [5.41, 5.74) is 0.942. The summed E-state index contributed by atoms with van der Waals surface area (Å²) in [4.78, 5) is 30.5. The van der Waals surface area contributed by atoms with Crippen molar-refractivity contribution in [3.8, 4) is 11.4 Å². The number of fused-ring (bicyclic) bond motifs is 1. The normalized spacial score (nSPS) is 20.9. The molecule has 0 bridgehead atoms. The highest BCUT2D eigenvalue weighted by atomic mass is 32.2. The summed E-state index contributed by atoms with van der Waals surface area (Å²) in [6, 6.07) is 9.00. The average molecular weight is 459 g/mol. The minimum Gasteiger partial charge on any atom is -0.344 e. The van der Waals surface area contributed by atoms with Gasteiger partial charge in [-0.25, -0.2) is 9.67 Å². The number of thioether (sulfide) groups is 1. The molecule has 1 unspecified atom stereocenters. The van der Waals surface area contributed by atoms with Crippen LogP contribution in [-0.2, 0) is 16.1 Å². The van der Waals surface area contributed by atoms with E-state index in [1.165, 1.54) is 0 Å². The molecule has 8 nitrogen and oxygen atoms in total. The summed E-state index contributed by atoms with van der Waals surface area (Å²) < 4.78 is 1.90. The van der Waals surface area contributed by atoms with Crippen molar-refractivity contribution in [2.45, 2.75) is 51.7 Å². The maximum atomic E-state index is 13.2. The van der Waals surface area contributed by atoms with Gasteiger partial charge in [-0.05, 0) is 37.3 Å². The van der Waals surface area contributed by atoms with Gasteiger partial charge in [0.05, 0.1) is 12.6 Å². The molecule has 0 aliphatic carbocycles. The van der Waals surface area contributed by atoms with Crippen LogP contribution in [0.25, 0.3) is 11.4 Å². The summed E-state index contributed by atoms with van der Waals surface area (Å²) >= 11 is 1.66. The van der Waals surface area contributed by atoms with E-state index in [1.54, 1.807) is 11.8 Å². The average Bonchev–Trinajstić information content (AvgIpc) is 3.20. The van der Waals surface area contributed by atoms with E-state index in [0.29, 0.717) is 31.8 Å². The van der Waals surface area contributed by atoms with Gasteiger partial charge in [0.25, 0.3) is 0 Å². The van der Waals surface area contributed by atoms with E-state index < -0.39 is 6.04 Å². The van der Waals surface area contributed by atoms with Gasteiger partial charge in [-0.15, -0.1) is 0 Å². The summed E-state index contributed by atoms with van der Waals surface area (Å²) in [5.74, 6) is 2.03. The lowest BCUT2D eigenvalue weighted by Gasteiger charge is -2.26. The van der Waals surface area contributed by atoms with Crippen molar-refractivity contribution in [3.63, 3.8) is 0 Å². The second-order valence-corrected chi connectivity index (χ2v) is 9.35. The summed E-state index contributed by atoms with van der Waals surface area (Å²) in [5, 5.41) is 14.3. The van der Waals surface area contributed by atoms with Crippen LogP contribution in [0.3, 0.4) is 0 Å². The molecular formula is C23H34N6O2S. The molecule has 1 aliphatic heterocycles. The SMILES string of the molecule is CSCC[C@@H]1NC(=O)CCCNCCn2nc(-c3ccccc3)nc2C(C(C)C)NC1=O. The molecule has 32 heavy (non-hydrogen) atoms. The molecule has 2 aromatic rings. The van der Waals surface area contributed by atoms with Gasteiger partial charge in [-0.1, -0.05) is 44.2 Å². The fourth-order valence-electron chi connectivity index (χ4n) is 3.70. The van der Waals surface area contributed by atoms with Gasteiger partial charge < -0.3 is 16.0 Å². The molecule has 174 valence electrons. The van der Waals surface area contributed by atoms with Crippen molar-refractivity contribution in [2.24, 2.45) is 5.92 Å². The minimum atomic E-state index is -0.558. The first kappa shape index (κ1) is 24.3. The van der Waals surface area contributed by atoms with E-state index in [4.69, 9.17) is 10.1 Å². The molecule has 2 heterocycles. The number of carbonyl (C=O) groups is 2. The number of aromatic nitrogens is 3. The fourth-order valence-corrected chi connectivity index (χ4v) is 4.17. The van der Waals surface area contributed by atoms with Crippen molar-refractivity contribution in [1.82, 2.24) is 30.7 Å². The van der Waals surface area contributed by atoms with E-state index in [9.17, 15) is 9.59 Å². The number of carbonyl (C=O) groups excluding carboxylic acids is 2. The Bertz CT molecular complexity index is 886. The van der Waals surface area contributed by atoms with E-state index >= 15 is 0 Å². The van der Waals surface area contributed by atoms with Crippen LogP contribution < -0.4 is 16.0 Å². The fraction of sp³-hybridized carbons (Fsp3) is 0.565. The molecule has 0 fully saturated rings. The summed E-state index contributed by atoms with van der Waals surface area (Å²) in [6.45, 7) is 6.20. The predicted octanol–water partition coefficient (Wildman–Crippen LogP) is 2.38. The van der Waals surface area contributed by atoms with Crippen molar-refractivity contribution in [3.05, 3.63) is 36.2 Å². The Morgan fingerprint density at radius 3 is 2.66 bits per heavy atom. The number of amides is 2. The number of hydrogen-bond acceptors (Lipinski definition) is 6. The van der Waals surface area contributed by atoms with E-state index in [0.717, 1.165) is 30.1 Å². The number of nitrogens with one attached hydrogen (secondary N) is 3. The lowest BCUT2D eigenvalue weighted by molar-refractivity contribution is -0.129. The summed E-state index contributed by atoms with van der Waals surface area (Å²) in [6.07, 6.45) is 3.70. The minimum absolute atomic E-state index is 0.0826. The van der Waals surface area contributed by atoms with E-state index in [2.05, 4.69) is 29.8 Å². The second kappa shape index (κ2) is 12.0. The van der Waals surface area contributed by atoms with Gasteiger partial charge in [-0.3, -0.25) is 9.59 Å². The molecule has 0 spiro atoms. The van der Waals surface area contributed by atoms with Crippen LogP contribution in [0.2, 0.25) is 0 Å². The van der Waals surface area contributed by atoms with E-state index in [-0.39, 0.29) is 23.8 Å². The standard InChI is InChI=1S/C23H34N6O2S/c1-16(2)20-22-27-21(17-8-5-4-6-9-17)28-29(22)14-13-24-12-7-10-19(30)25-18(11-15-32-3)23(31)26-20/h4-6,8-9,16,18,20,24H,7,10-15H2,1-3H3,(H,25,30)(H,26,31)/t18-,20?/m0/s1. The van der Waals surface area contributed by atoms with Crippen molar-refractivity contribution in [2.75, 3.05) is 25.1 Å². The molecule has 9 heteroatoms. The van der Waals surface area contributed by atoms with Gasteiger partial charge in [0.1, 0.15) is 11.9 Å². The van der Waals surface area contributed by atoms with Gasteiger partial charge in [0.15, 0.2) is 5.82 Å². The first-order valence-electron chi connectivity index (χ1n) is 11.3. The summed E-state index contributed by atoms with van der Waals surface area (Å²) in [7, 11) is 0. The zero-order chi connectivity index (χ0) is 22.9. The molecule has 1 aliphatic rings. The number of hydrogen-bond donors (Lipinski definition) is 3. The van der Waals surface area contributed by atoms with Gasteiger partial charge in [-0.2, -0.15) is 16.9 Å². The Labute approximate surface area is 194 Å². The molecule has 3 N–H and O–H groups in total. The molecule has 2 atom stereocenters. The zero-order valence-corrected chi connectivity index (χ0v) is 20.0. The van der Waals surface area contributed by atoms with Crippen molar-refractivity contribution in [1.29, 1.82) is 0 Å². The highest BCUT2D eigenvalue weighted by Gasteiger charge is 2.29. The number of benzene rings is 1. The largest absolute Gasteiger partial charge is 0.344 e. The molecule has 1 aromatic heterocycles. The maximum Gasteiger partial charge on any atom is 0.243 e. The van der Waals surface area contributed by atoms with Gasteiger partial charge >= 0.3 is 0 Å². The van der Waals surface area contributed by atoms with Crippen LogP contribution in [0.15, 0.2) is 30.3 Å². The Morgan fingerprint density at radius 1 is 1.16 bits per heavy atom. The topological polar surface area (TPSA) is 101 Å². The lowest BCUT2D eigenvalue weighted by Crippen LogP contribution is -2.49. The number of rotatable bonds is 5.